The second kappa shape index (κ2) is 7.58. The Morgan fingerprint density at radius 3 is 2.30 bits per heavy atom. The lowest BCUT2D eigenvalue weighted by Gasteiger charge is -2.43. The maximum Gasteiger partial charge on any atom is 0.160 e. The third kappa shape index (κ3) is 4.31. The van der Waals surface area contributed by atoms with Crippen molar-refractivity contribution in [1.29, 1.82) is 0 Å². The van der Waals surface area contributed by atoms with E-state index >= 15 is 0 Å². The molecule has 1 saturated heterocycles. The van der Waals surface area contributed by atoms with E-state index in [4.69, 9.17) is 9.47 Å². The molecule has 118 valence electrons. The molecule has 1 fully saturated rings. The molecule has 1 aliphatic heterocycles. The quantitative estimate of drug-likeness (QED) is 0.757. The van der Waals surface area contributed by atoms with Crippen LogP contribution in [0.1, 0.15) is 48.0 Å². The van der Waals surface area contributed by atoms with Gasteiger partial charge < -0.3 is 14.6 Å². The maximum atomic E-state index is 10.4. The van der Waals surface area contributed by atoms with Gasteiger partial charge in [-0.25, -0.2) is 0 Å². The molecule has 1 heterocycles. The fraction of sp³-hybridized carbons (Fsp3) is 0.882. The van der Waals surface area contributed by atoms with Crippen molar-refractivity contribution in [3.63, 3.8) is 0 Å². The van der Waals surface area contributed by atoms with Crippen molar-refractivity contribution in [3.8, 4) is 0 Å². The molecule has 0 spiro atoms. The molecule has 0 radical (unpaired) electrons. The molecule has 0 unspecified atom stereocenters. The Balaban J connectivity index is 2.74. The van der Waals surface area contributed by atoms with Gasteiger partial charge in [-0.3, -0.25) is 0 Å². The van der Waals surface area contributed by atoms with Crippen LogP contribution >= 0.6 is 0 Å². The van der Waals surface area contributed by atoms with Crippen molar-refractivity contribution in [3.05, 3.63) is 12.7 Å². The van der Waals surface area contributed by atoms with Gasteiger partial charge in [0.1, 0.15) is 0 Å². The first-order valence-corrected chi connectivity index (χ1v) is 7.89. The van der Waals surface area contributed by atoms with Gasteiger partial charge in [-0.1, -0.05) is 33.8 Å². The first-order chi connectivity index (χ1) is 9.27. The van der Waals surface area contributed by atoms with Crippen LogP contribution < -0.4 is 0 Å². The zero-order chi connectivity index (χ0) is 15.4. The summed E-state index contributed by atoms with van der Waals surface area (Å²) in [5.74, 6) is 0.969. The molecule has 0 aliphatic carbocycles. The van der Waals surface area contributed by atoms with E-state index < -0.39 is 6.10 Å². The summed E-state index contributed by atoms with van der Waals surface area (Å²) in [6, 6.07) is 0. The van der Waals surface area contributed by atoms with Crippen LogP contribution in [-0.4, -0.2) is 29.7 Å². The fourth-order valence-electron chi connectivity index (χ4n) is 3.14. The summed E-state index contributed by atoms with van der Waals surface area (Å²) < 4.78 is 12.1. The average Bonchev–Trinajstić information content (AvgIpc) is 2.38. The summed E-state index contributed by atoms with van der Waals surface area (Å²) in [7, 11) is 0. The minimum absolute atomic E-state index is 0.0346. The Morgan fingerprint density at radius 1 is 1.20 bits per heavy atom. The average molecular weight is 284 g/mol. The lowest BCUT2D eigenvalue weighted by molar-refractivity contribution is -0.260. The number of hydrogen-bond donors (Lipinski definition) is 1. The molecule has 0 amide bonds. The zero-order valence-electron chi connectivity index (χ0n) is 13.9. The van der Waals surface area contributed by atoms with Crippen LogP contribution in [0.5, 0.6) is 0 Å². The smallest absolute Gasteiger partial charge is 0.160 e. The molecule has 0 bridgehead atoms. The fourth-order valence-corrected chi connectivity index (χ4v) is 3.14. The first-order valence-electron chi connectivity index (χ1n) is 7.89. The highest BCUT2D eigenvalue weighted by atomic mass is 16.7. The van der Waals surface area contributed by atoms with Gasteiger partial charge in [0.2, 0.25) is 0 Å². The number of hydrogen-bond acceptors (Lipinski definition) is 3. The second-order valence-electron chi connectivity index (χ2n) is 6.79. The van der Waals surface area contributed by atoms with E-state index in [2.05, 4.69) is 27.4 Å². The van der Waals surface area contributed by atoms with Crippen molar-refractivity contribution in [2.45, 2.75) is 72.6 Å². The van der Waals surface area contributed by atoms with Crippen molar-refractivity contribution in [2.24, 2.45) is 23.7 Å². The highest BCUT2D eigenvalue weighted by molar-refractivity contribution is 4.90. The van der Waals surface area contributed by atoms with Crippen LogP contribution in [0.3, 0.4) is 0 Å². The van der Waals surface area contributed by atoms with Crippen molar-refractivity contribution >= 4 is 0 Å². The van der Waals surface area contributed by atoms with Crippen LogP contribution in [0.25, 0.3) is 0 Å². The standard InChI is InChI=1S/C17H32O3/c1-8-11(4)15(18)14(7)16-12(5)9-13(6)17(20-16)19-10(2)3/h8,10-18H,1,9H2,2-7H3/t11-,12-,13+,14-,15+,16-,17-/m0/s1. The molecule has 7 atom stereocenters. The van der Waals surface area contributed by atoms with E-state index in [0.29, 0.717) is 11.8 Å². The predicted molar refractivity (Wildman–Crippen MR) is 82.4 cm³/mol. The van der Waals surface area contributed by atoms with Gasteiger partial charge in [0.15, 0.2) is 6.29 Å². The SMILES string of the molecule is C=C[C@H](C)[C@@H](O)[C@H](C)[C@H]1O[C@H](OC(C)C)[C@H](C)C[C@@H]1C. The maximum absolute atomic E-state index is 10.4. The molecule has 1 N–H and O–H groups in total. The topological polar surface area (TPSA) is 38.7 Å². The molecular weight excluding hydrogens is 252 g/mol. The summed E-state index contributed by atoms with van der Waals surface area (Å²) in [5, 5.41) is 10.4. The normalized spacial score (nSPS) is 35.6. The number of aliphatic hydroxyl groups excluding tert-OH is 1. The van der Waals surface area contributed by atoms with Crippen molar-refractivity contribution in [2.75, 3.05) is 0 Å². The minimum atomic E-state index is -0.423. The lowest BCUT2D eigenvalue weighted by Crippen LogP contribution is -2.47. The van der Waals surface area contributed by atoms with Crippen molar-refractivity contribution < 1.29 is 14.6 Å². The Kier molecular flexibility index (Phi) is 6.70. The molecule has 0 aromatic carbocycles. The van der Waals surface area contributed by atoms with Crippen molar-refractivity contribution in [1.82, 2.24) is 0 Å². The highest BCUT2D eigenvalue weighted by Crippen LogP contribution is 2.36. The first kappa shape index (κ1) is 17.7. The van der Waals surface area contributed by atoms with Crippen LogP contribution in [0.2, 0.25) is 0 Å². The molecule has 0 aromatic rings. The van der Waals surface area contributed by atoms with E-state index in [1.165, 1.54) is 0 Å². The van der Waals surface area contributed by atoms with E-state index in [0.717, 1.165) is 6.42 Å². The molecule has 1 rings (SSSR count). The largest absolute Gasteiger partial charge is 0.392 e. The summed E-state index contributed by atoms with van der Waals surface area (Å²) >= 11 is 0. The van der Waals surface area contributed by atoms with Crippen LogP contribution in [0.4, 0.5) is 0 Å². The second-order valence-corrected chi connectivity index (χ2v) is 6.79. The van der Waals surface area contributed by atoms with Gasteiger partial charge in [0.05, 0.1) is 18.3 Å². The Hall–Kier alpha value is -0.380. The third-order valence-electron chi connectivity index (χ3n) is 4.43. The van der Waals surface area contributed by atoms with Gasteiger partial charge in [0.25, 0.3) is 0 Å². The van der Waals surface area contributed by atoms with E-state index in [1.54, 1.807) is 6.08 Å². The van der Waals surface area contributed by atoms with E-state index in [1.807, 2.05) is 20.8 Å². The molecule has 3 heteroatoms. The molecule has 0 aromatic heterocycles. The molecule has 1 aliphatic rings. The molecule has 0 saturated carbocycles. The van der Waals surface area contributed by atoms with Gasteiger partial charge in [0, 0.05) is 17.8 Å². The lowest BCUT2D eigenvalue weighted by atomic mass is 9.79. The van der Waals surface area contributed by atoms with Gasteiger partial charge >= 0.3 is 0 Å². The predicted octanol–water partition coefficient (Wildman–Crippen LogP) is 3.62. The van der Waals surface area contributed by atoms with Crippen LogP contribution in [-0.2, 0) is 9.47 Å². The molecular formula is C17H32O3. The summed E-state index contributed by atoms with van der Waals surface area (Å²) in [6.45, 7) is 16.3. The molecule has 3 nitrogen and oxygen atoms in total. The Bertz CT molecular complexity index is 303. The van der Waals surface area contributed by atoms with E-state index in [9.17, 15) is 5.11 Å². The highest BCUT2D eigenvalue weighted by Gasteiger charge is 2.40. The van der Waals surface area contributed by atoms with Crippen LogP contribution in [0.15, 0.2) is 12.7 Å². The number of rotatable bonds is 6. The number of ether oxygens (including phenoxy) is 2. The molecule has 20 heavy (non-hydrogen) atoms. The third-order valence-corrected chi connectivity index (χ3v) is 4.43. The monoisotopic (exact) mass is 284 g/mol. The zero-order valence-corrected chi connectivity index (χ0v) is 13.9. The van der Waals surface area contributed by atoms with Gasteiger partial charge in [-0.2, -0.15) is 0 Å². The van der Waals surface area contributed by atoms with Gasteiger partial charge in [-0.15, -0.1) is 6.58 Å². The van der Waals surface area contributed by atoms with E-state index in [-0.39, 0.29) is 30.3 Å². The summed E-state index contributed by atoms with van der Waals surface area (Å²) in [6.07, 6.45) is 2.48. The van der Waals surface area contributed by atoms with Gasteiger partial charge in [-0.05, 0) is 26.2 Å². The minimum Gasteiger partial charge on any atom is -0.392 e. The van der Waals surface area contributed by atoms with Crippen LogP contribution in [0, 0.1) is 23.7 Å². The summed E-state index contributed by atoms with van der Waals surface area (Å²) in [4.78, 5) is 0. The summed E-state index contributed by atoms with van der Waals surface area (Å²) in [5.41, 5.74) is 0. The Labute approximate surface area is 124 Å². The Morgan fingerprint density at radius 2 is 1.80 bits per heavy atom. The number of aliphatic hydroxyl groups is 1.